The summed E-state index contributed by atoms with van der Waals surface area (Å²) >= 11 is 0. The summed E-state index contributed by atoms with van der Waals surface area (Å²) in [5.41, 5.74) is 0.773. The zero-order valence-corrected chi connectivity index (χ0v) is 15.3. The molecular weight excluding hydrogens is 379 g/mol. The molecule has 2 heterocycles. The van der Waals surface area contributed by atoms with E-state index in [4.69, 9.17) is 4.74 Å². The number of fused-ring (bicyclic) bond motifs is 1. The van der Waals surface area contributed by atoms with Gasteiger partial charge in [0.1, 0.15) is 12.4 Å². The lowest BCUT2D eigenvalue weighted by Crippen LogP contribution is -2.34. The van der Waals surface area contributed by atoms with Gasteiger partial charge >= 0.3 is 5.97 Å². The van der Waals surface area contributed by atoms with Gasteiger partial charge in [0.15, 0.2) is 0 Å². The van der Waals surface area contributed by atoms with E-state index in [0.717, 1.165) is 4.90 Å². The minimum absolute atomic E-state index is 0.0195. The Morgan fingerprint density at radius 3 is 2.28 bits per heavy atom. The van der Waals surface area contributed by atoms with Gasteiger partial charge in [0.05, 0.1) is 29.3 Å². The molecule has 0 spiro atoms. The highest BCUT2D eigenvalue weighted by Gasteiger charge is 2.38. The molecule has 0 aromatic heterocycles. The van der Waals surface area contributed by atoms with Crippen molar-refractivity contribution in [3.8, 4) is 0 Å². The first-order chi connectivity index (χ1) is 14.0. The number of hydrogen-bond acceptors (Lipinski definition) is 5. The van der Waals surface area contributed by atoms with Crippen LogP contribution in [-0.4, -0.2) is 48.3 Å². The topological polar surface area (TPSA) is 84.0 Å². The number of hydrogen-bond donors (Lipinski definition) is 0. The Balaban J connectivity index is 1.33. The number of amides is 3. The molecule has 0 unspecified atom stereocenters. The number of carbonyl (C=O) groups excluding carboxylic acids is 4. The maximum absolute atomic E-state index is 13.9. The van der Waals surface area contributed by atoms with Crippen LogP contribution in [0.2, 0.25) is 0 Å². The molecule has 0 saturated carbocycles. The van der Waals surface area contributed by atoms with Crippen LogP contribution in [0.3, 0.4) is 0 Å². The van der Waals surface area contributed by atoms with Crippen LogP contribution >= 0.6 is 0 Å². The maximum atomic E-state index is 13.9. The zero-order chi connectivity index (χ0) is 20.5. The highest BCUT2D eigenvalue weighted by Crippen LogP contribution is 2.28. The molecule has 29 heavy (non-hydrogen) atoms. The van der Waals surface area contributed by atoms with Crippen LogP contribution in [0, 0.1) is 11.7 Å². The fourth-order valence-electron chi connectivity index (χ4n) is 3.57. The highest BCUT2D eigenvalue weighted by atomic mass is 19.1. The first-order valence-electron chi connectivity index (χ1n) is 9.14. The van der Waals surface area contributed by atoms with Gasteiger partial charge in [-0.05, 0) is 24.3 Å². The lowest BCUT2D eigenvalue weighted by atomic mass is 10.1. The van der Waals surface area contributed by atoms with E-state index in [2.05, 4.69) is 0 Å². The van der Waals surface area contributed by atoms with Gasteiger partial charge in [-0.2, -0.15) is 0 Å². The van der Waals surface area contributed by atoms with Gasteiger partial charge in [-0.3, -0.25) is 24.1 Å². The van der Waals surface area contributed by atoms with Crippen molar-refractivity contribution in [2.45, 2.75) is 6.42 Å². The average Bonchev–Trinajstić information content (AvgIpc) is 3.22. The zero-order valence-electron chi connectivity index (χ0n) is 15.3. The molecule has 148 valence electrons. The Morgan fingerprint density at radius 1 is 1.00 bits per heavy atom. The van der Waals surface area contributed by atoms with E-state index >= 15 is 0 Å². The SMILES string of the molecule is O=C(OCCN1C(=O)c2ccccc2C1=O)[C@@H]1CC(=O)N(c2ccccc2F)C1. The molecule has 2 aromatic rings. The van der Waals surface area contributed by atoms with Gasteiger partial charge in [0, 0.05) is 13.0 Å². The molecule has 0 N–H and O–H groups in total. The van der Waals surface area contributed by atoms with Crippen molar-refractivity contribution in [1.29, 1.82) is 0 Å². The molecule has 1 atom stereocenters. The molecule has 0 radical (unpaired) electrons. The van der Waals surface area contributed by atoms with Crippen molar-refractivity contribution < 1.29 is 28.3 Å². The summed E-state index contributed by atoms with van der Waals surface area (Å²) in [7, 11) is 0. The molecule has 2 aliphatic rings. The van der Waals surface area contributed by atoms with E-state index in [9.17, 15) is 23.6 Å². The molecule has 1 fully saturated rings. The summed E-state index contributed by atoms with van der Waals surface area (Å²) in [5.74, 6) is -3.11. The third-order valence-corrected chi connectivity index (χ3v) is 5.04. The molecule has 4 rings (SSSR count). The smallest absolute Gasteiger partial charge is 0.311 e. The number of imide groups is 1. The number of benzene rings is 2. The normalized spacial score (nSPS) is 18.4. The number of ether oxygens (including phenoxy) is 1. The van der Waals surface area contributed by atoms with Gasteiger partial charge < -0.3 is 9.64 Å². The summed E-state index contributed by atoms with van der Waals surface area (Å²) in [6.45, 7) is -0.226. The van der Waals surface area contributed by atoms with Crippen LogP contribution in [-0.2, 0) is 14.3 Å². The Labute approximate surface area is 165 Å². The molecule has 2 aromatic carbocycles. The van der Waals surface area contributed by atoms with E-state index in [1.807, 2.05) is 0 Å². The summed E-state index contributed by atoms with van der Waals surface area (Å²) < 4.78 is 19.1. The third kappa shape index (κ3) is 3.37. The Bertz CT molecular complexity index is 987. The number of carbonyl (C=O) groups is 4. The summed E-state index contributed by atoms with van der Waals surface area (Å²) in [5, 5.41) is 0. The number of halogens is 1. The maximum Gasteiger partial charge on any atom is 0.311 e. The Kier molecular flexibility index (Phi) is 4.84. The van der Waals surface area contributed by atoms with E-state index < -0.39 is 29.5 Å². The first kappa shape index (κ1) is 18.8. The third-order valence-electron chi connectivity index (χ3n) is 5.04. The molecular formula is C21H17FN2O5. The Hall–Kier alpha value is -3.55. The second-order valence-corrected chi connectivity index (χ2v) is 6.83. The van der Waals surface area contributed by atoms with Gasteiger partial charge in [-0.15, -0.1) is 0 Å². The molecule has 8 heteroatoms. The molecule has 1 saturated heterocycles. The van der Waals surface area contributed by atoms with Crippen LogP contribution in [0.25, 0.3) is 0 Å². The van der Waals surface area contributed by atoms with Gasteiger partial charge in [0.2, 0.25) is 5.91 Å². The highest BCUT2D eigenvalue weighted by molar-refractivity contribution is 6.21. The first-order valence-corrected chi connectivity index (χ1v) is 9.14. The van der Waals surface area contributed by atoms with Crippen molar-refractivity contribution in [3.63, 3.8) is 0 Å². The van der Waals surface area contributed by atoms with E-state index in [1.165, 1.54) is 23.1 Å². The van der Waals surface area contributed by atoms with Crippen molar-refractivity contribution in [1.82, 2.24) is 4.90 Å². The predicted octanol–water partition coefficient (Wildman–Crippen LogP) is 2.02. The monoisotopic (exact) mass is 396 g/mol. The number of anilines is 1. The minimum atomic E-state index is -0.732. The fraction of sp³-hybridized carbons (Fsp3) is 0.238. The predicted molar refractivity (Wildman–Crippen MR) is 99.6 cm³/mol. The van der Waals surface area contributed by atoms with Crippen molar-refractivity contribution in [3.05, 3.63) is 65.5 Å². The van der Waals surface area contributed by atoms with E-state index in [1.54, 1.807) is 30.3 Å². The lowest BCUT2D eigenvalue weighted by Gasteiger charge is -2.17. The minimum Gasteiger partial charge on any atom is -0.464 e. The van der Waals surface area contributed by atoms with Crippen molar-refractivity contribution in [2.75, 3.05) is 24.6 Å². The molecule has 7 nitrogen and oxygen atoms in total. The lowest BCUT2D eigenvalue weighted by molar-refractivity contribution is -0.148. The Morgan fingerprint density at radius 2 is 1.62 bits per heavy atom. The summed E-state index contributed by atoms with van der Waals surface area (Å²) in [6, 6.07) is 12.3. The molecule has 3 amide bonds. The molecule has 0 bridgehead atoms. The van der Waals surface area contributed by atoms with Gasteiger partial charge in [-0.1, -0.05) is 24.3 Å². The largest absolute Gasteiger partial charge is 0.464 e. The van der Waals surface area contributed by atoms with Crippen LogP contribution < -0.4 is 4.90 Å². The summed E-state index contributed by atoms with van der Waals surface area (Å²) in [6.07, 6.45) is -0.0832. The van der Waals surface area contributed by atoms with Crippen molar-refractivity contribution >= 4 is 29.4 Å². The van der Waals surface area contributed by atoms with Gasteiger partial charge in [0.25, 0.3) is 11.8 Å². The second kappa shape index (κ2) is 7.46. The van der Waals surface area contributed by atoms with Crippen LogP contribution in [0.4, 0.5) is 10.1 Å². The standard InChI is InChI=1S/C21H17FN2O5/c22-16-7-3-4-8-17(16)24-12-13(11-18(24)25)21(28)29-10-9-23-19(26)14-5-1-2-6-15(14)20(23)27/h1-8,13H,9-12H2/t13-/m1/s1. The van der Waals surface area contributed by atoms with Crippen molar-refractivity contribution in [2.24, 2.45) is 5.92 Å². The van der Waals surface area contributed by atoms with Crippen LogP contribution in [0.1, 0.15) is 27.1 Å². The molecule has 2 aliphatic heterocycles. The average molecular weight is 396 g/mol. The quantitative estimate of drug-likeness (QED) is 0.570. The second-order valence-electron chi connectivity index (χ2n) is 6.83. The number of para-hydroxylation sites is 1. The van der Waals surface area contributed by atoms with E-state index in [0.29, 0.717) is 11.1 Å². The summed E-state index contributed by atoms with van der Waals surface area (Å²) in [4.78, 5) is 51.4. The van der Waals surface area contributed by atoms with Crippen LogP contribution in [0.5, 0.6) is 0 Å². The number of esters is 1. The number of rotatable bonds is 5. The van der Waals surface area contributed by atoms with Gasteiger partial charge in [-0.25, -0.2) is 4.39 Å². The number of nitrogens with zero attached hydrogens (tertiary/aromatic N) is 2. The molecule has 0 aliphatic carbocycles. The fourth-order valence-corrected chi connectivity index (χ4v) is 3.57. The van der Waals surface area contributed by atoms with E-state index in [-0.39, 0.29) is 37.7 Å². The van der Waals surface area contributed by atoms with Crippen LogP contribution in [0.15, 0.2) is 48.5 Å².